The summed E-state index contributed by atoms with van der Waals surface area (Å²) in [7, 11) is 0. The number of nitrogens with zero attached hydrogens (tertiary/aromatic N) is 4. The maximum atomic E-state index is 11.2. The first-order valence-electron chi connectivity index (χ1n) is 9.62. The number of nitrogens with two attached hydrogens (primary N) is 1. The normalized spacial score (nSPS) is 20.5. The molecule has 1 atom stereocenters. The second kappa shape index (κ2) is 13.4. The van der Waals surface area contributed by atoms with Crippen molar-refractivity contribution in [1.82, 2.24) is 19.6 Å². The number of carboxylic acid groups (broad SMARTS) is 3. The summed E-state index contributed by atoms with van der Waals surface area (Å²) >= 11 is 0. The summed E-state index contributed by atoms with van der Waals surface area (Å²) in [6.07, 6.45) is -0.727. The molecule has 1 fully saturated rings. The minimum absolute atomic E-state index is 0.0956. The van der Waals surface area contributed by atoms with Gasteiger partial charge in [-0.25, -0.2) is 0 Å². The molecule has 1 heterocycles. The van der Waals surface area contributed by atoms with E-state index in [2.05, 4.69) is 0 Å². The molecule has 1 unspecified atom stereocenters. The van der Waals surface area contributed by atoms with Gasteiger partial charge in [-0.05, 0) is 0 Å². The largest absolute Gasteiger partial charge is 0.480 e. The van der Waals surface area contributed by atoms with Crippen molar-refractivity contribution in [3.05, 3.63) is 0 Å². The van der Waals surface area contributed by atoms with Gasteiger partial charge in [0.2, 0.25) is 0 Å². The van der Waals surface area contributed by atoms with Gasteiger partial charge in [-0.2, -0.15) is 0 Å². The van der Waals surface area contributed by atoms with Crippen LogP contribution in [0.2, 0.25) is 0 Å². The Kier molecular flexibility index (Phi) is 11.7. The lowest BCUT2D eigenvalue weighted by Crippen LogP contribution is -2.49. The third kappa shape index (κ3) is 11.7. The first-order chi connectivity index (χ1) is 13.7. The lowest BCUT2D eigenvalue weighted by Gasteiger charge is -2.33. The van der Waals surface area contributed by atoms with Gasteiger partial charge in [-0.1, -0.05) is 0 Å². The molecule has 168 valence electrons. The quantitative estimate of drug-likeness (QED) is 0.254. The Morgan fingerprint density at radius 3 is 1.17 bits per heavy atom. The molecule has 0 aromatic heterocycles. The highest BCUT2D eigenvalue weighted by molar-refractivity contribution is 5.69. The van der Waals surface area contributed by atoms with Gasteiger partial charge in [0.15, 0.2) is 0 Å². The van der Waals surface area contributed by atoms with Crippen molar-refractivity contribution < 1.29 is 34.8 Å². The maximum Gasteiger partial charge on any atom is 0.317 e. The number of aliphatic hydroxyl groups excluding tert-OH is 1. The van der Waals surface area contributed by atoms with Gasteiger partial charge in [0, 0.05) is 65.4 Å². The molecule has 6 N–H and O–H groups in total. The zero-order valence-corrected chi connectivity index (χ0v) is 16.6. The Morgan fingerprint density at radius 2 is 0.931 bits per heavy atom. The summed E-state index contributed by atoms with van der Waals surface area (Å²) in [4.78, 5) is 40.6. The first-order valence-corrected chi connectivity index (χ1v) is 9.62. The Morgan fingerprint density at radius 1 is 0.655 bits per heavy atom. The molecule has 0 aliphatic carbocycles. The minimum Gasteiger partial charge on any atom is -0.480 e. The molecule has 0 aromatic carbocycles. The third-order valence-electron chi connectivity index (χ3n) is 4.75. The van der Waals surface area contributed by atoms with Crippen molar-refractivity contribution in [2.75, 3.05) is 85.1 Å². The molecule has 0 radical (unpaired) electrons. The molecule has 12 nitrogen and oxygen atoms in total. The van der Waals surface area contributed by atoms with Crippen molar-refractivity contribution in [1.29, 1.82) is 0 Å². The highest BCUT2D eigenvalue weighted by Crippen LogP contribution is 2.02. The van der Waals surface area contributed by atoms with Gasteiger partial charge in [0.05, 0.1) is 25.7 Å². The molecule has 12 heteroatoms. The van der Waals surface area contributed by atoms with E-state index >= 15 is 0 Å². The average Bonchev–Trinajstić information content (AvgIpc) is 2.62. The molecule has 0 saturated carbocycles. The second-order valence-electron chi connectivity index (χ2n) is 7.20. The van der Waals surface area contributed by atoms with Gasteiger partial charge in [-0.3, -0.25) is 34.0 Å². The summed E-state index contributed by atoms with van der Waals surface area (Å²) in [6.45, 7) is 3.10. The predicted octanol–water partition coefficient (Wildman–Crippen LogP) is -3.22. The number of hydrogen-bond donors (Lipinski definition) is 5. The van der Waals surface area contributed by atoms with Crippen LogP contribution >= 0.6 is 0 Å². The van der Waals surface area contributed by atoms with E-state index in [9.17, 15) is 19.5 Å². The van der Waals surface area contributed by atoms with Crippen LogP contribution in [-0.2, 0) is 14.4 Å². The SMILES string of the molecule is NCC(O)CN1CCN(CC(=O)O)CCN(CC(=O)O)CCN(CC(=O)O)CC1. The molecule has 1 aliphatic heterocycles. The van der Waals surface area contributed by atoms with Gasteiger partial charge < -0.3 is 26.2 Å². The van der Waals surface area contributed by atoms with Crippen molar-refractivity contribution in [3.63, 3.8) is 0 Å². The molecule has 1 rings (SSSR count). The van der Waals surface area contributed by atoms with E-state index in [1.165, 1.54) is 0 Å². The van der Waals surface area contributed by atoms with Gasteiger partial charge in [0.1, 0.15) is 0 Å². The summed E-state index contributed by atoms with van der Waals surface area (Å²) in [5.74, 6) is -2.93. The molecule has 0 spiro atoms. The highest BCUT2D eigenvalue weighted by atomic mass is 16.4. The van der Waals surface area contributed by atoms with Crippen molar-refractivity contribution in [2.45, 2.75) is 6.10 Å². The molecule has 0 amide bonds. The maximum absolute atomic E-state index is 11.2. The Balaban J connectivity index is 2.91. The monoisotopic (exact) mass is 419 g/mol. The van der Waals surface area contributed by atoms with Crippen LogP contribution in [-0.4, -0.2) is 149 Å². The number of β-amino-alcohol motifs (C(OH)–C–C–N with tert-alkyl or cyclic N) is 1. The van der Waals surface area contributed by atoms with Crippen LogP contribution in [0.1, 0.15) is 0 Å². The lowest BCUT2D eigenvalue weighted by molar-refractivity contribution is -0.140. The zero-order valence-electron chi connectivity index (χ0n) is 16.6. The van der Waals surface area contributed by atoms with E-state index in [1.807, 2.05) is 4.90 Å². The van der Waals surface area contributed by atoms with Crippen LogP contribution in [0, 0.1) is 0 Å². The number of aliphatic hydroxyl groups is 1. The van der Waals surface area contributed by atoms with Crippen LogP contribution in [0.4, 0.5) is 0 Å². The first kappa shape index (κ1) is 25.2. The Labute approximate surface area is 170 Å². The molecule has 0 aromatic rings. The molecule has 1 saturated heterocycles. The molecular weight excluding hydrogens is 386 g/mol. The fraction of sp³-hybridized carbons (Fsp3) is 0.824. The van der Waals surface area contributed by atoms with Crippen molar-refractivity contribution in [3.8, 4) is 0 Å². The zero-order chi connectivity index (χ0) is 21.8. The molecule has 29 heavy (non-hydrogen) atoms. The number of hydrogen-bond acceptors (Lipinski definition) is 9. The standard InChI is InChI=1S/C17H33N5O7/c18-9-14(23)10-19-1-3-20(11-15(24)25)5-7-22(13-17(28)29)8-6-21(4-2-19)12-16(26)27/h14,23H,1-13,18H2,(H,24,25)(H,26,27)(H,28,29). The fourth-order valence-corrected chi connectivity index (χ4v) is 3.18. The number of rotatable bonds is 9. The molecule has 1 aliphatic rings. The van der Waals surface area contributed by atoms with Gasteiger partial charge in [-0.15, -0.1) is 0 Å². The molecular formula is C17H33N5O7. The minimum atomic E-state index is -0.992. The van der Waals surface area contributed by atoms with Crippen molar-refractivity contribution in [2.24, 2.45) is 5.73 Å². The van der Waals surface area contributed by atoms with E-state index < -0.39 is 24.0 Å². The van der Waals surface area contributed by atoms with Crippen LogP contribution < -0.4 is 5.73 Å². The Bertz CT molecular complexity index is 504. The average molecular weight is 419 g/mol. The highest BCUT2D eigenvalue weighted by Gasteiger charge is 2.20. The fourth-order valence-electron chi connectivity index (χ4n) is 3.18. The van der Waals surface area contributed by atoms with E-state index in [1.54, 1.807) is 14.7 Å². The summed E-state index contributed by atoms with van der Waals surface area (Å²) < 4.78 is 0. The topological polar surface area (TPSA) is 171 Å². The lowest BCUT2D eigenvalue weighted by atomic mass is 10.3. The summed E-state index contributed by atoms with van der Waals surface area (Å²) in [6, 6.07) is 0. The number of aliphatic carboxylic acids is 3. The van der Waals surface area contributed by atoms with Crippen LogP contribution in [0.3, 0.4) is 0 Å². The van der Waals surface area contributed by atoms with Gasteiger partial charge >= 0.3 is 17.9 Å². The third-order valence-corrected chi connectivity index (χ3v) is 4.75. The summed E-state index contributed by atoms with van der Waals surface area (Å²) in [5.41, 5.74) is 5.50. The smallest absolute Gasteiger partial charge is 0.317 e. The molecule has 0 bridgehead atoms. The van der Waals surface area contributed by atoms with E-state index in [-0.39, 0.29) is 26.2 Å². The van der Waals surface area contributed by atoms with E-state index in [4.69, 9.17) is 21.1 Å². The second-order valence-corrected chi connectivity index (χ2v) is 7.20. The Hall–Kier alpha value is -1.83. The van der Waals surface area contributed by atoms with Crippen LogP contribution in [0.15, 0.2) is 0 Å². The van der Waals surface area contributed by atoms with E-state index in [0.29, 0.717) is 58.9 Å². The number of carboxylic acids is 3. The van der Waals surface area contributed by atoms with Gasteiger partial charge in [0.25, 0.3) is 0 Å². The van der Waals surface area contributed by atoms with Crippen LogP contribution in [0.5, 0.6) is 0 Å². The van der Waals surface area contributed by atoms with E-state index in [0.717, 1.165) is 0 Å². The predicted molar refractivity (Wildman–Crippen MR) is 104 cm³/mol. The summed E-state index contributed by atoms with van der Waals surface area (Å²) in [5, 5.41) is 37.3. The van der Waals surface area contributed by atoms with Crippen LogP contribution in [0.25, 0.3) is 0 Å². The van der Waals surface area contributed by atoms with Crippen molar-refractivity contribution >= 4 is 17.9 Å². The number of carbonyl (C=O) groups is 3.